The maximum Gasteiger partial charge on any atom is 0.336 e. The molecule has 10 nitrogen and oxygen atoms in total. The number of carbonyl (C=O) groups is 1. The van der Waals surface area contributed by atoms with Gasteiger partial charge in [0.15, 0.2) is 5.65 Å². The van der Waals surface area contributed by atoms with E-state index in [0.717, 1.165) is 5.69 Å². The third-order valence-corrected chi connectivity index (χ3v) is 4.78. The lowest BCUT2D eigenvalue weighted by Gasteiger charge is -2.28. The van der Waals surface area contributed by atoms with Crippen LogP contribution in [0.5, 0.6) is 0 Å². The summed E-state index contributed by atoms with van der Waals surface area (Å²) in [5.41, 5.74) is 1.09. The number of carboxylic acids is 1. The Morgan fingerprint density at radius 1 is 1.25 bits per heavy atom. The molecule has 0 aromatic carbocycles. The molecule has 148 valence electrons. The van der Waals surface area contributed by atoms with Crippen molar-refractivity contribution in [1.82, 2.24) is 24.1 Å². The lowest BCUT2D eigenvalue weighted by molar-refractivity contribution is -0.137. The summed E-state index contributed by atoms with van der Waals surface area (Å²) in [5, 5.41) is 17.8. The van der Waals surface area contributed by atoms with Crippen LogP contribution in [0.3, 0.4) is 0 Å². The third kappa shape index (κ3) is 2.99. The van der Waals surface area contributed by atoms with Crippen molar-refractivity contribution in [1.29, 1.82) is 0 Å². The number of pyridine rings is 1. The number of hydrogen-bond acceptors (Lipinski definition) is 7. The van der Waals surface area contributed by atoms with Gasteiger partial charge in [-0.1, -0.05) is 20.8 Å². The highest BCUT2D eigenvalue weighted by Gasteiger charge is 2.26. The number of aliphatic carboxylic acids is 1. The number of rotatable bonds is 3. The van der Waals surface area contributed by atoms with Crippen LogP contribution >= 0.6 is 0 Å². The van der Waals surface area contributed by atoms with Gasteiger partial charge in [-0.05, 0) is 6.07 Å². The largest absolute Gasteiger partial charge is 0.480 e. The Balaban J connectivity index is 2.02. The zero-order valence-corrected chi connectivity index (χ0v) is 16.0. The second-order valence-electron chi connectivity index (χ2n) is 7.86. The first-order valence-corrected chi connectivity index (χ1v) is 9.10. The molecule has 10 heteroatoms. The van der Waals surface area contributed by atoms with Crippen LogP contribution in [0.2, 0.25) is 0 Å². The van der Waals surface area contributed by atoms with E-state index in [2.05, 4.69) is 20.1 Å². The van der Waals surface area contributed by atoms with Crippen molar-refractivity contribution in [3.63, 3.8) is 0 Å². The third-order valence-electron chi connectivity index (χ3n) is 4.78. The summed E-state index contributed by atoms with van der Waals surface area (Å²) in [6, 6.07) is 1.80. The van der Waals surface area contributed by atoms with E-state index in [1.807, 2.05) is 20.8 Å². The van der Waals surface area contributed by atoms with Gasteiger partial charge >= 0.3 is 11.7 Å². The summed E-state index contributed by atoms with van der Waals surface area (Å²) in [6.07, 6.45) is 1.72. The van der Waals surface area contributed by atoms with Crippen molar-refractivity contribution < 1.29 is 14.6 Å². The molecule has 0 amide bonds. The first-order valence-electron chi connectivity index (χ1n) is 9.10. The molecule has 0 saturated carbocycles. The second kappa shape index (κ2) is 6.55. The van der Waals surface area contributed by atoms with Crippen LogP contribution < -0.4 is 10.6 Å². The van der Waals surface area contributed by atoms with Gasteiger partial charge in [0.2, 0.25) is 0 Å². The number of hydrogen-bond donors (Lipinski definition) is 1. The zero-order chi connectivity index (χ0) is 20.1. The predicted octanol–water partition coefficient (Wildman–Crippen LogP) is 0.658. The predicted molar refractivity (Wildman–Crippen MR) is 102 cm³/mol. The molecular weight excluding hydrogens is 364 g/mol. The molecule has 4 heterocycles. The lowest BCUT2D eigenvalue weighted by Crippen LogP contribution is -2.36. The van der Waals surface area contributed by atoms with Crippen molar-refractivity contribution >= 4 is 28.3 Å². The number of nitrogens with zero attached hydrogens (tertiary/aromatic N) is 6. The van der Waals surface area contributed by atoms with Gasteiger partial charge in [-0.25, -0.2) is 14.2 Å². The van der Waals surface area contributed by atoms with Crippen LogP contribution in [-0.4, -0.2) is 61.5 Å². The second-order valence-corrected chi connectivity index (χ2v) is 7.86. The molecule has 3 aromatic heterocycles. The highest BCUT2D eigenvalue weighted by atomic mass is 16.5. The molecule has 0 spiro atoms. The normalized spacial score (nSPS) is 15.5. The van der Waals surface area contributed by atoms with Crippen LogP contribution in [0.15, 0.2) is 17.1 Å². The molecule has 1 fully saturated rings. The average Bonchev–Trinajstić information content (AvgIpc) is 3.11. The van der Waals surface area contributed by atoms with E-state index >= 15 is 0 Å². The average molecular weight is 386 g/mol. The topological polar surface area (TPSA) is 115 Å². The van der Waals surface area contributed by atoms with Gasteiger partial charge < -0.3 is 14.7 Å². The Morgan fingerprint density at radius 2 is 1.96 bits per heavy atom. The van der Waals surface area contributed by atoms with Gasteiger partial charge in [0, 0.05) is 18.5 Å². The SMILES string of the molecule is CC(C)(C)c1nnc2c3ncc(N4CCOCC4)cc3n(CC(=O)O)c(=O)n12. The summed E-state index contributed by atoms with van der Waals surface area (Å²) in [7, 11) is 0. The molecule has 0 bridgehead atoms. The minimum absolute atomic E-state index is 0.333. The van der Waals surface area contributed by atoms with Crippen LogP contribution in [-0.2, 0) is 21.5 Å². The lowest BCUT2D eigenvalue weighted by atomic mass is 9.96. The molecule has 0 aliphatic carbocycles. The van der Waals surface area contributed by atoms with Gasteiger partial charge in [-0.15, -0.1) is 10.2 Å². The van der Waals surface area contributed by atoms with E-state index in [9.17, 15) is 14.7 Å². The van der Waals surface area contributed by atoms with Crippen LogP contribution in [0.1, 0.15) is 26.6 Å². The number of carboxylic acid groups (broad SMARTS) is 1. The van der Waals surface area contributed by atoms with Crippen molar-refractivity contribution in [2.45, 2.75) is 32.7 Å². The molecule has 1 saturated heterocycles. The van der Waals surface area contributed by atoms with Gasteiger partial charge in [-0.2, -0.15) is 0 Å². The van der Waals surface area contributed by atoms with Crippen LogP contribution in [0.25, 0.3) is 16.7 Å². The molecule has 28 heavy (non-hydrogen) atoms. The Labute approximate surface area is 160 Å². The first kappa shape index (κ1) is 18.4. The number of fused-ring (bicyclic) bond motifs is 3. The van der Waals surface area contributed by atoms with Crippen molar-refractivity contribution in [3.05, 3.63) is 28.6 Å². The van der Waals surface area contributed by atoms with E-state index in [1.54, 1.807) is 12.3 Å². The Kier molecular flexibility index (Phi) is 4.30. The quantitative estimate of drug-likeness (QED) is 0.698. The van der Waals surface area contributed by atoms with Crippen LogP contribution in [0, 0.1) is 0 Å². The van der Waals surface area contributed by atoms with Crippen LogP contribution in [0.4, 0.5) is 5.69 Å². The molecule has 1 aliphatic heterocycles. The number of aromatic nitrogens is 5. The van der Waals surface area contributed by atoms with E-state index in [4.69, 9.17) is 4.74 Å². The molecule has 1 N–H and O–H groups in total. The highest BCUT2D eigenvalue weighted by molar-refractivity contribution is 5.90. The molecule has 0 atom stereocenters. The summed E-state index contributed by atoms with van der Waals surface area (Å²) in [5.74, 6) is -0.641. The Hall–Kier alpha value is -3.01. The summed E-state index contributed by atoms with van der Waals surface area (Å²) < 4.78 is 7.97. The van der Waals surface area contributed by atoms with E-state index < -0.39 is 23.6 Å². The minimum Gasteiger partial charge on any atom is -0.480 e. The number of anilines is 1. The molecule has 0 radical (unpaired) electrons. The Morgan fingerprint density at radius 3 is 2.61 bits per heavy atom. The summed E-state index contributed by atoms with van der Waals surface area (Å²) in [4.78, 5) is 31.3. The summed E-state index contributed by atoms with van der Waals surface area (Å²) in [6.45, 7) is 7.92. The summed E-state index contributed by atoms with van der Waals surface area (Å²) >= 11 is 0. The smallest absolute Gasteiger partial charge is 0.336 e. The van der Waals surface area contributed by atoms with E-state index in [-0.39, 0.29) is 0 Å². The fourth-order valence-corrected chi connectivity index (χ4v) is 3.43. The van der Waals surface area contributed by atoms with Crippen molar-refractivity contribution in [2.75, 3.05) is 31.2 Å². The number of ether oxygens (including phenoxy) is 1. The Bertz CT molecular complexity index is 1120. The molecule has 4 rings (SSSR count). The minimum atomic E-state index is -1.11. The fraction of sp³-hybridized carbons (Fsp3) is 0.500. The van der Waals surface area contributed by atoms with Gasteiger partial charge in [0.25, 0.3) is 0 Å². The molecular formula is C18H22N6O4. The number of morpholine rings is 1. The van der Waals surface area contributed by atoms with E-state index in [1.165, 1.54) is 8.97 Å². The fourth-order valence-electron chi connectivity index (χ4n) is 3.43. The van der Waals surface area contributed by atoms with Crippen molar-refractivity contribution in [3.8, 4) is 0 Å². The highest BCUT2D eigenvalue weighted by Crippen LogP contribution is 2.25. The van der Waals surface area contributed by atoms with Gasteiger partial charge in [0.1, 0.15) is 17.9 Å². The first-order chi connectivity index (χ1) is 13.3. The van der Waals surface area contributed by atoms with Gasteiger partial charge in [0.05, 0.1) is 30.6 Å². The van der Waals surface area contributed by atoms with Crippen molar-refractivity contribution in [2.24, 2.45) is 0 Å². The standard InChI is InChI=1S/C18H22N6O4/c1-18(2,3)16-21-20-15-14-12(23(10-13(25)26)17(27)24(15)16)8-11(9-19-14)22-4-6-28-7-5-22/h8-9H,4-7,10H2,1-3H3,(H,25,26). The maximum absolute atomic E-state index is 13.2. The molecule has 3 aromatic rings. The van der Waals surface area contributed by atoms with Gasteiger partial charge in [-0.3, -0.25) is 9.36 Å². The molecule has 1 aliphatic rings. The maximum atomic E-state index is 13.2. The molecule has 0 unspecified atom stereocenters. The zero-order valence-electron chi connectivity index (χ0n) is 16.0. The monoisotopic (exact) mass is 386 g/mol. The van der Waals surface area contributed by atoms with E-state index in [0.29, 0.717) is 48.8 Å².